The average Bonchev–Trinajstić information content (AvgIpc) is 3.01. The van der Waals surface area contributed by atoms with Crippen molar-refractivity contribution in [3.63, 3.8) is 0 Å². The molecule has 0 bridgehead atoms. The number of amides is 2. The number of carbonyl (C=O) groups excluding carboxylic acids is 3. The fourth-order valence-electron chi connectivity index (χ4n) is 5.58. The molecular weight excluding hydrogens is 600 g/mol. The number of aliphatic hydroxyl groups is 1. The van der Waals surface area contributed by atoms with E-state index < -0.39 is 6.10 Å². The van der Waals surface area contributed by atoms with Gasteiger partial charge in [-0.05, 0) is 44.2 Å². The maximum absolute atomic E-state index is 14.1. The number of ether oxygens (including phenoxy) is 4. The Labute approximate surface area is 271 Å². The van der Waals surface area contributed by atoms with Crippen LogP contribution in [0.3, 0.4) is 0 Å². The summed E-state index contributed by atoms with van der Waals surface area (Å²) in [6.45, 7) is 11.2. The van der Waals surface area contributed by atoms with Crippen molar-refractivity contribution in [2.24, 2.45) is 11.3 Å². The number of benzene rings is 2. The highest BCUT2D eigenvalue weighted by Gasteiger charge is 2.33. The molecule has 2 aromatic rings. The fraction of sp³-hybridized carbons (Fsp3) is 0.559. The SMILES string of the molecule is CCOC(=O)[C@H]1CCCN(C(=O)CCC(=O)N(CC(C)(C)C)c2c(OCC)cc(Cl)cc2[C@H](O)c2cccc(OC)c2OC)C1. The minimum Gasteiger partial charge on any atom is -0.493 e. The number of para-hydroxylation sites is 1. The molecule has 0 aromatic heterocycles. The number of aliphatic hydroxyl groups excluding tert-OH is 1. The number of hydrogen-bond acceptors (Lipinski definition) is 8. The average molecular weight is 647 g/mol. The van der Waals surface area contributed by atoms with Crippen LogP contribution >= 0.6 is 11.6 Å². The van der Waals surface area contributed by atoms with E-state index in [1.54, 1.807) is 47.1 Å². The molecule has 0 spiro atoms. The highest BCUT2D eigenvalue weighted by atomic mass is 35.5. The molecular formula is C34H47ClN2O8. The van der Waals surface area contributed by atoms with Crippen molar-refractivity contribution in [3.05, 3.63) is 46.5 Å². The Morgan fingerprint density at radius 3 is 2.40 bits per heavy atom. The summed E-state index contributed by atoms with van der Waals surface area (Å²) in [7, 11) is 3.00. The van der Waals surface area contributed by atoms with Crippen LogP contribution < -0.4 is 19.1 Å². The Morgan fingerprint density at radius 2 is 1.78 bits per heavy atom. The number of carbonyl (C=O) groups is 3. The summed E-state index contributed by atoms with van der Waals surface area (Å²) in [6.07, 6.45) is -0.0268. The highest BCUT2D eigenvalue weighted by molar-refractivity contribution is 6.31. The first-order valence-electron chi connectivity index (χ1n) is 15.4. The molecule has 1 aliphatic rings. The van der Waals surface area contributed by atoms with Gasteiger partial charge in [-0.15, -0.1) is 0 Å². The lowest BCUT2D eigenvalue weighted by Gasteiger charge is -2.34. The van der Waals surface area contributed by atoms with Crippen molar-refractivity contribution in [3.8, 4) is 17.2 Å². The van der Waals surface area contributed by atoms with Gasteiger partial charge in [0.25, 0.3) is 0 Å². The predicted molar refractivity (Wildman–Crippen MR) is 173 cm³/mol. The lowest BCUT2D eigenvalue weighted by Crippen LogP contribution is -2.43. The van der Waals surface area contributed by atoms with Crippen molar-refractivity contribution in [1.29, 1.82) is 0 Å². The third kappa shape index (κ3) is 9.26. The smallest absolute Gasteiger partial charge is 0.310 e. The van der Waals surface area contributed by atoms with Gasteiger partial charge in [0.15, 0.2) is 11.5 Å². The molecule has 248 valence electrons. The first kappa shape index (κ1) is 36.0. The van der Waals surface area contributed by atoms with Crippen LogP contribution in [0.15, 0.2) is 30.3 Å². The maximum atomic E-state index is 14.1. The van der Waals surface area contributed by atoms with Crippen molar-refractivity contribution in [2.45, 2.75) is 66.4 Å². The summed E-state index contributed by atoms with van der Waals surface area (Å²) < 4.78 is 22.2. The van der Waals surface area contributed by atoms with Gasteiger partial charge in [-0.25, -0.2) is 0 Å². The van der Waals surface area contributed by atoms with Crippen LogP contribution in [-0.4, -0.2) is 74.9 Å². The van der Waals surface area contributed by atoms with Crippen LogP contribution in [0.5, 0.6) is 17.2 Å². The van der Waals surface area contributed by atoms with Crippen LogP contribution in [0, 0.1) is 11.3 Å². The van der Waals surface area contributed by atoms with Crippen LogP contribution in [0.25, 0.3) is 0 Å². The molecule has 10 nitrogen and oxygen atoms in total. The minimum absolute atomic E-state index is 0.0336. The Hall–Kier alpha value is -3.50. The number of methoxy groups -OCH3 is 2. The van der Waals surface area contributed by atoms with Crippen molar-refractivity contribution in [1.82, 2.24) is 4.90 Å². The summed E-state index contributed by atoms with van der Waals surface area (Å²) in [4.78, 5) is 42.9. The summed E-state index contributed by atoms with van der Waals surface area (Å²) in [5.41, 5.74) is 0.766. The van der Waals surface area contributed by atoms with Gasteiger partial charge in [0.2, 0.25) is 11.8 Å². The Morgan fingerprint density at radius 1 is 1.04 bits per heavy atom. The molecule has 45 heavy (non-hydrogen) atoms. The van der Waals surface area contributed by atoms with Crippen molar-refractivity contribution >= 4 is 35.1 Å². The first-order chi connectivity index (χ1) is 21.3. The summed E-state index contributed by atoms with van der Waals surface area (Å²) in [5, 5.41) is 12.2. The number of hydrogen-bond donors (Lipinski definition) is 1. The van der Waals surface area contributed by atoms with Gasteiger partial charge in [0.1, 0.15) is 11.9 Å². The molecule has 0 radical (unpaired) electrons. The van der Waals surface area contributed by atoms with Crippen molar-refractivity contribution < 1.29 is 38.4 Å². The van der Waals surface area contributed by atoms with E-state index in [9.17, 15) is 19.5 Å². The Balaban J connectivity index is 2.00. The van der Waals surface area contributed by atoms with Crippen LogP contribution in [0.2, 0.25) is 5.02 Å². The zero-order valence-electron chi connectivity index (χ0n) is 27.5. The maximum Gasteiger partial charge on any atom is 0.310 e. The topological polar surface area (TPSA) is 115 Å². The standard InChI is InChI=1S/C34H47ClN2O8/c1-8-44-27-19-23(35)18-25(31(40)24-13-10-14-26(42-6)32(24)43-7)30(27)37(21-34(3,4)5)29(39)16-15-28(38)36-17-11-12-22(20-36)33(41)45-9-2/h10,13-14,18-19,22,31,40H,8-9,11-12,15-17,20-21H2,1-7H3/t22-,31+/m0/s1. The zero-order valence-corrected chi connectivity index (χ0v) is 28.2. The molecule has 2 aromatic carbocycles. The van der Waals surface area contributed by atoms with E-state index in [0.29, 0.717) is 58.5 Å². The first-order valence-corrected chi connectivity index (χ1v) is 15.8. The summed E-state index contributed by atoms with van der Waals surface area (Å²) in [5.74, 6) is -0.0612. The van der Waals surface area contributed by atoms with E-state index in [1.807, 2.05) is 27.7 Å². The lowest BCUT2D eigenvalue weighted by atomic mass is 9.93. The normalized spacial score (nSPS) is 15.7. The van der Waals surface area contributed by atoms with Gasteiger partial charge in [0, 0.05) is 54.7 Å². The molecule has 2 amide bonds. The third-order valence-electron chi connectivity index (χ3n) is 7.54. The Bertz CT molecular complexity index is 1340. The third-order valence-corrected chi connectivity index (χ3v) is 7.76. The van der Waals surface area contributed by atoms with Gasteiger partial charge in [-0.1, -0.05) is 44.5 Å². The molecule has 0 unspecified atom stereocenters. The van der Waals surface area contributed by atoms with E-state index in [1.165, 1.54) is 14.2 Å². The molecule has 1 fully saturated rings. The second-order valence-electron chi connectivity index (χ2n) is 12.2. The van der Waals surface area contributed by atoms with Crippen LogP contribution in [0.1, 0.15) is 77.5 Å². The molecule has 0 saturated carbocycles. The second-order valence-corrected chi connectivity index (χ2v) is 12.7. The summed E-state index contributed by atoms with van der Waals surface area (Å²) >= 11 is 6.55. The van der Waals surface area contributed by atoms with Crippen molar-refractivity contribution in [2.75, 3.05) is 52.0 Å². The van der Waals surface area contributed by atoms with E-state index in [0.717, 1.165) is 0 Å². The monoisotopic (exact) mass is 646 g/mol. The fourth-order valence-corrected chi connectivity index (χ4v) is 5.80. The highest BCUT2D eigenvalue weighted by Crippen LogP contribution is 2.45. The quantitative estimate of drug-likeness (QED) is 0.272. The van der Waals surface area contributed by atoms with E-state index >= 15 is 0 Å². The zero-order chi connectivity index (χ0) is 33.3. The van der Waals surface area contributed by atoms with Crippen LogP contribution in [0.4, 0.5) is 5.69 Å². The number of nitrogens with zero attached hydrogens (tertiary/aromatic N) is 2. The number of halogens is 1. The van der Waals surface area contributed by atoms with E-state index in [-0.39, 0.29) is 68.3 Å². The number of esters is 1. The van der Waals surface area contributed by atoms with E-state index in [2.05, 4.69) is 0 Å². The van der Waals surface area contributed by atoms with E-state index in [4.69, 9.17) is 30.5 Å². The number of piperidine rings is 1. The van der Waals surface area contributed by atoms with Gasteiger partial charge in [-0.2, -0.15) is 0 Å². The van der Waals surface area contributed by atoms with Gasteiger partial charge >= 0.3 is 5.97 Å². The molecule has 0 aliphatic carbocycles. The van der Waals surface area contributed by atoms with Gasteiger partial charge in [-0.3, -0.25) is 14.4 Å². The van der Waals surface area contributed by atoms with Gasteiger partial charge in [0.05, 0.1) is 39.0 Å². The molecule has 1 aliphatic heterocycles. The molecule has 3 rings (SSSR count). The molecule has 11 heteroatoms. The number of anilines is 1. The summed E-state index contributed by atoms with van der Waals surface area (Å²) in [6, 6.07) is 8.42. The second kappa shape index (κ2) is 16.2. The number of rotatable bonds is 13. The largest absolute Gasteiger partial charge is 0.493 e. The molecule has 1 heterocycles. The number of likely N-dealkylation sites (tertiary alicyclic amines) is 1. The van der Waals surface area contributed by atoms with Gasteiger partial charge < -0.3 is 33.9 Å². The Kier molecular flexibility index (Phi) is 12.9. The molecule has 2 atom stereocenters. The minimum atomic E-state index is -1.27. The van der Waals surface area contributed by atoms with Crippen LogP contribution in [-0.2, 0) is 19.1 Å². The lowest BCUT2D eigenvalue weighted by molar-refractivity contribution is -0.151. The molecule has 1 saturated heterocycles. The molecule has 1 N–H and O–H groups in total. The predicted octanol–water partition coefficient (Wildman–Crippen LogP) is 5.80.